The predicted molar refractivity (Wildman–Crippen MR) is 82.7 cm³/mol. The van der Waals surface area contributed by atoms with Crippen LogP contribution < -0.4 is 4.90 Å². The predicted octanol–water partition coefficient (Wildman–Crippen LogP) is 3.44. The molecule has 1 aliphatic rings. The highest BCUT2D eigenvalue weighted by atomic mass is 16.4. The van der Waals surface area contributed by atoms with E-state index in [-0.39, 0.29) is 0 Å². The average molecular weight is 282 g/mol. The van der Waals surface area contributed by atoms with Crippen LogP contribution in [0.2, 0.25) is 0 Å². The molecule has 1 fully saturated rings. The first-order valence-electron chi connectivity index (χ1n) is 7.30. The topological polar surface area (TPSA) is 53.4 Å². The largest absolute Gasteiger partial charge is 0.478 e. The van der Waals surface area contributed by atoms with Gasteiger partial charge < -0.3 is 10.0 Å². The molecule has 2 heterocycles. The number of carbonyl (C=O) groups is 1. The first-order chi connectivity index (χ1) is 10.3. The van der Waals surface area contributed by atoms with Crippen LogP contribution in [0, 0.1) is 0 Å². The van der Waals surface area contributed by atoms with Gasteiger partial charge in [-0.25, -0.2) is 9.78 Å². The Bertz CT molecular complexity index is 634. The zero-order valence-electron chi connectivity index (χ0n) is 11.8. The molecule has 1 aliphatic heterocycles. The Balaban J connectivity index is 2.15. The minimum Gasteiger partial charge on any atom is -0.478 e. The summed E-state index contributed by atoms with van der Waals surface area (Å²) in [5.74, 6) is -0.115. The molecule has 1 aromatic heterocycles. The number of hydrogen-bond donors (Lipinski definition) is 1. The summed E-state index contributed by atoms with van der Waals surface area (Å²) in [5.41, 5.74) is 1.95. The van der Waals surface area contributed by atoms with E-state index in [1.54, 1.807) is 12.3 Å². The smallest absolute Gasteiger partial charge is 0.336 e. The second-order valence-corrected chi connectivity index (χ2v) is 5.28. The second-order valence-electron chi connectivity index (χ2n) is 5.28. The minimum atomic E-state index is -0.908. The van der Waals surface area contributed by atoms with E-state index >= 15 is 0 Å². The number of aromatic carboxylic acids is 1. The van der Waals surface area contributed by atoms with Crippen molar-refractivity contribution in [2.75, 3.05) is 18.0 Å². The Morgan fingerprint density at radius 3 is 2.43 bits per heavy atom. The maximum atomic E-state index is 11.6. The Hall–Kier alpha value is -2.36. The first-order valence-corrected chi connectivity index (χ1v) is 7.30. The van der Waals surface area contributed by atoms with Crippen LogP contribution in [-0.2, 0) is 0 Å². The van der Waals surface area contributed by atoms with Gasteiger partial charge in [0.05, 0.1) is 5.56 Å². The molecular formula is C17H18N2O2. The van der Waals surface area contributed by atoms with Crippen molar-refractivity contribution in [1.29, 1.82) is 0 Å². The summed E-state index contributed by atoms with van der Waals surface area (Å²) >= 11 is 0. The van der Waals surface area contributed by atoms with Crippen molar-refractivity contribution in [2.45, 2.75) is 19.3 Å². The summed E-state index contributed by atoms with van der Waals surface area (Å²) in [6.07, 6.45) is 5.09. The lowest BCUT2D eigenvalue weighted by Gasteiger charge is -2.30. The Kier molecular flexibility index (Phi) is 3.86. The third-order valence-corrected chi connectivity index (χ3v) is 3.88. The lowest BCUT2D eigenvalue weighted by molar-refractivity contribution is 0.0697. The molecule has 0 aliphatic carbocycles. The highest BCUT2D eigenvalue weighted by Crippen LogP contribution is 2.33. The monoisotopic (exact) mass is 282 g/mol. The van der Waals surface area contributed by atoms with E-state index in [4.69, 9.17) is 0 Å². The number of hydrogen-bond acceptors (Lipinski definition) is 3. The number of anilines is 1. The molecule has 0 unspecified atom stereocenters. The number of pyridine rings is 1. The van der Waals surface area contributed by atoms with Crippen LogP contribution in [-0.4, -0.2) is 29.1 Å². The van der Waals surface area contributed by atoms with Gasteiger partial charge in [0.1, 0.15) is 5.82 Å². The molecule has 0 saturated carbocycles. The average Bonchev–Trinajstić information content (AvgIpc) is 2.55. The summed E-state index contributed by atoms with van der Waals surface area (Å²) in [6.45, 7) is 1.88. The number of rotatable bonds is 3. The number of aromatic nitrogens is 1. The van der Waals surface area contributed by atoms with Crippen molar-refractivity contribution in [3.05, 3.63) is 48.2 Å². The second kappa shape index (κ2) is 5.95. The van der Waals surface area contributed by atoms with Gasteiger partial charge in [-0.2, -0.15) is 0 Å². The third kappa shape index (κ3) is 2.75. The molecule has 4 heteroatoms. The number of carboxylic acids is 1. The standard InChI is InChI=1S/C17H18N2O2/c20-17(21)14-9-10-18-16(19-11-5-2-6-12-19)15(14)13-7-3-1-4-8-13/h1,3-4,7-10H,2,5-6,11-12H2,(H,20,21). The minimum absolute atomic E-state index is 0.316. The summed E-state index contributed by atoms with van der Waals surface area (Å²) in [6, 6.07) is 11.2. The Morgan fingerprint density at radius 1 is 1.05 bits per heavy atom. The number of benzene rings is 1. The van der Waals surface area contributed by atoms with Gasteiger partial charge in [-0.1, -0.05) is 30.3 Å². The lowest BCUT2D eigenvalue weighted by Crippen LogP contribution is -2.31. The highest BCUT2D eigenvalue weighted by Gasteiger charge is 2.21. The molecular weight excluding hydrogens is 264 g/mol. The molecule has 108 valence electrons. The van der Waals surface area contributed by atoms with Crippen LogP contribution in [0.1, 0.15) is 29.6 Å². The van der Waals surface area contributed by atoms with Crippen molar-refractivity contribution in [3.8, 4) is 11.1 Å². The molecule has 0 atom stereocenters. The normalized spacial score (nSPS) is 15.0. The molecule has 21 heavy (non-hydrogen) atoms. The van der Waals surface area contributed by atoms with E-state index in [2.05, 4.69) is 9.88 Å². The fraction of sp³-hybridized carbons (Fsp3) is 0.294. The highest BCUT2D eigenvalue weighted by molar-refractivity contribution is 5.99. The van der Waals surface area contributed by atoms with E-state index < -0.39 is 5.97 Å². The van der Waals surface area contributed by atoms with Gasteiger partial charge in [-0.05, 0) is 30.9 Å². The Morgan fingerprint density at radius 2 is 1.76 bits per heavy atom. The summed E-state index contributed by atoms with van der Waals surface area (Å²) in [4.78, 5) is 18.3. The maximum absolute atomic E-state index is 11.6. The molecule has 1 N–H and O–H groups in total. The Labute approximate surface area is 124 Å². The van der Waals surface area contributed by atoms with Gasteiger partial charge in [0.2, 0.25) is 0 Å². The van der Waals surface area contributed by atoms with E-state index in [9.17, 15) is 9.90 Å². The van der Waals surface area contributed by atoms with Gasteiger partial charge in [0, 0.05) is 24.8 Å². The molecule has 0 amide bonds. The van der Waals surface area contributed by atoms with Crippen LogP contribution in [0.25, 0.3) is 11.1 Å². The van der Waals surface area contributed by atoms with Crippen LogP contribution >= 0.6 is 0 Å². The molecule has 1 aromatic carbocycles. The third-order valence-electron chi connectivity index (χ3n) is 3.88. The van der Waals surface area contributed by atoms with Gasteiger partial charge >= 0.3 is 5.97 Å². The quantitative estimate of drug-likeness (QED) is 0.937. The maximum Gasteiger partial charge on any atom is 0.336 e. The molecule has 0 radical (unpaired) electrons. The number of piperidine rings is 1. The molecule has 0 spiro atoms. The van der Waals surface area contributed by atoms with Crippen molar-refractivity contribution in [3.63, 3.8) is 0 Å². The SMILES string of the molecule is O=C(O)c1ccnc(N2CCCCC2)c1-c1ccccc1. The van der Waals surface area contributed by atoms with Crippen molar-refractivity contribution in [1.82, 2.24) is 4.98 Å². The van der Waals surface area contributed by atoms with Gasteiger partial charge in [-0.3, -0.25) is 0 Å². The van der Waals surface area contributed by atoms with Crippen molar-refractivity contribution >= 4 is 11.8 Å². The molecule has 0 bridgehead atoms. The zero-order valence-corrected chi connectivity index (χ0v) is 11.8. The molecule has 3 rings (SSSR count). The van der Waals surface area contributed by atoms with E-state index in [1.165, 1.54) is 6.42 Å². The molecule has 1 saturated heterocycles. The number of nitrogens with zero attached hydrogens (tertiary/aromatic N) is 2. The summed E-state index contributed by atoms with van der Waals surface area (Å²) in [5, 5.41) is 9.50. The molecule has 2 aromatic rings. The lowest BCUT2D eigenvalue weighted by atomic mass is 9.99. The fourth-order valence-corrected chi connectivity index (χ4v) is 2.86. The van der Waals surface area contributed by atoms with Crippen molar-refractivity contribution in [2.24, 2.45) is 0 Å². The first kappa shape index (κ1) is 13.6. The summed E-state index contributed by atoms with van der Waals surface area (Å²) in [7, 11) is 0. The van der Waals surface area contributed by atoms with E-state index in [0.29, 0.717) is 5.56 Å². The van der Waals surface area contributed by atoms with Gasteiger partial charge in [0.25, 0.3) is 0 Å². The van der Waals surface area contributed by atoms with Crippen LogP contribution in [0.15, 0.2) is 42.6 Å². The fourth-order valence-electron chi connectivity index (χ4n) is 2.86. The number of carboxylic acid groups (broad SMARTS) is 1. The van der Waals surface area contributed by atoms with E-state index in [1.807, 2.05) is 30.3 Å². The summed E-state index contributed by atoms with van der Waals surface area (Å²) < 4.78 is 0. The van der Waals surface area contributed by atoms with Crippen LogP contribution in [0.4, 0.5) is 5.82 Å². The molecule has 4 nitrogen and oxygen atoms in total. The van der Waals surface area contributed by atoms with Crippen molar-refractivity contribution < 1.29 is 9.90 Å². The van der Waals surface area contributed by atoms with Gasteiger partial charge in [-0.15, -0.1) is 0 Å². The van der Waals surface area contributed by atoms with E-state index in [0.717, 1.165) is 42.9 Å². The van der Waals surface area contributed by atoms with Crippen LogP contribution in [0.3, 0.4) is 0 Å². The van der Waals surface area contributed by atoms with Gasteiger partial charge in [0.15, 0.2) is 0 Å². The zero-order chi connectivity index (χ0) is 14.7. The van der Waals surface area contributed by atoms with Crippen LogP contribution in [0.5, 0.6) is 0 Å².